The van der Waals surface area contributed by atoms with Gasteiger partial charge >= 0.3 is 6.36 Å². The maximum atomic E-state index is 12.5. The van der Waals surface area contributed by atoms with E-state index in [0.29, 0.717) is 10.0 Å². The third-order valence-corrected chi connectivity index (χ3v) is 3.94. The van der Waals surface area contributed by atoms with Crippen LogP contribution in [0.25, 0.3) is 6.08 Å². The molecule has 0 bridgehead atoms. The van der Waals surface area contributed by atoms with Crippen LogP contribution < -0.4 is 4.74 Å². The number of Topliss-reactive ketones (excluding diaryl/α,β-unsaturated/α-hetero) is 1. The molecule has 0 N–H and O–H groups in total. The van der Waals surface area contributed by atoms with E-state index in [1.54, 1.807) is 27.7 Å². The first kappa shape index (κ1) is 18.0. The lowest BCUT2D eigenvalue weighted by molar-refractivity contribution is -0.274. The minimum Gasteiger partial charge on any atom is -0.405 e. The summed E-state index contributed by atoms with van der Waals surface area (Å²) < 4.78 is 47.9. The Labute approximate surface area is 140 Å². The lowest BCUT2D eigenvalue weighted by Crippen LogP contribution is -2.29. The lowest BCUT2D eigenvalue weighted by Gasteiger charge is -2.22. The predicted octanol–water partition coefficient (Wildman–Crippen LogP) is 4.89. The Bertz CT molecular complexity index is 676. The molecule has 0 amide bonds. The summed E-state index contributed by atoms with van der Waals surface area (Å²) in [5.41, 5.74) is -1.48. The van der Waals surface area contributed by atoms with E-state index in [0.717, 1.165) is 0 Å². The number of rotatable bonds is 2. The number of halogens is 4. The first-order valence-corrected chi connectivity index (χ1v) is 7.63. The molecule has 0 atom stereocenters. The highest BCUT2D eigenvalue weighted by Crippen LogP contribution is 2.41. The second-order valence-electron chi connectivity index (χ2n) is 6.24. The van der Waals surface area contributed by atoms with Gasteiger partial charge in [0, 0.05) is 15.6 Å². The number of carbonyl (C=O) groups is 1. The van der Waals surface area contributed by atoms with Gasteiger partial charge in [0.05, 0.1) is 5.60 Å². The maximum Gasteiger partial charge on any atom is 0.573 e. The Morgan fingerprint density at radius 3 is 2.26 bits per heavy atom. The van der Waals surface area contributed by atoms with E-state index in [4.69, 9.17) is 4.74 Å². The zero-order valence-electron chi connectivity index (χ0n) is 13.0. The number of hydrogen-bond donors (Lipinski definition) is 0. The molecule has 1 heterocycles. The molecule has 0 radical (unpaired) electrons. The van der Waals surface area contributed by atoms with Crippen LogP contribution in [0.15, 0.2) is 28.2 Å². The minimum atomic E-state index is -4.81. The average Bonchev–Trinajstić information content (AvgIpc) is 2.49. The van der Waals surface area contributed by atoms with Gasteiger partial charge in [-0.1, -0.05) is 15.9 Å². The van der Waals surface area contributed by atoms with Crippen LogP contribution in [-0.4, -0.2) is 23.3 Å². The summed E-state index contributed by atoms with van der Waals surface area (Å²) in [6.07, 6.45) is -3.42. The molecule has 0 aliphatic carbocycles. The summed E-state index contributed by atoms with van der Waals surface area (Å²) in [4.78, 5) is 12.5. The number of benzene rings is 1. The Balaban J connectivity index is 2.54. The van der Waals surface area contributed by atoms with E-state index < -0.39 is 17.6 Å². The molecule has 23 heavy (non-hydrogen) atoms. The molecular weight excluding hydrogens is 377 g/mol. The molecule has 0 saturated carbocycles. The van der Waals surface area contributed by atoms with Crippen molar-refractivity contribution in [2.75, 3.05) is 0 Å². The average molecular weight is 393 g/mol. The monoisotopic (exact) mass is 392 g/mol. The largest absolute Gasteiger partial charge is 0.573 e. The van der Waals surface area contributed by atoms with Gasteiger partial charge in [-0.15, -0.1) is 13.2 Å². The SMILES string of the molecule is CC1(C)OC(C)(C)C(=Cc2cc(Br)ccc2OC(F)(F)F)C1=O. The summed E-state index contributed by atoms with van der Waals surface area (Å²) in [6.45, 7) is 6.67. The summed E-state index contributed by atoms with van der Waals surface area (Å²) in [5, 5.41) is 0. The Morgan fingerprint density at radius 1 is 1.17 bits per heavy atom. The third kappa shape index (κ3) is 3.95. The predicted molar refractivity (Wildman–Crippen MR) is 83.1 cm³/mol. The summed E-state index contributed by atoms with van der Waals surface area (Å²) in [6, 6.07) is 4.09. The molecule has 1 fully saturated rings. The van der Waals surface area contributed by atoms with Gasteiger partial charge < -0.3 is 9.47 Å². The van der Waals surface area contributed by atoms with Crippen LogP contribution >= 0.6 is 15.9 Å². The van der Waals surface area contributed by atoms with Crippen LogP contribution in [0.5, 0.6) is 5.75 Å². The molecule has 0 spiro atoms. The molecule has 1 aromatic rings. The second kappa shape index (κ2) is 5.63. The number of carbonyl (C=O) groups excluding carboxylic acids is 1. The Morgan fingerprint density at radius 2 is 1.78 bits per heavy atom. The van der Waals surface area contributed by atoms with E-state index in [9.17, 15) is 18.0 Å². The summed E-state index contributed by atoms with van der Waals surface area (Å²) in [5.74, 6) is -0.637. The molecule has 1 saturated heterocycles. The van der Waals surface area contributed by atoms with Gasteiger partial charge in [0.1, 0.15) is 11.4 Å². The van der Waals surface area contributed by atoms with Crippen molar-refractivity contribution in [1.29, 1.82) is 0 Å². The highest BCUT2D eigenvalue weighted by molar-refractivity contribution is 9.10. The molecular formula is C16H16BrF3O3. The van der Waals surface area contributed by atoms with Gasteiger partial charge in [-0.3, -0.25) is 4.79 Å². The van der Waals surface area contributed by atoms with Crippen molar-refractivity contribution in [1.82, 2.24) is 0 Å². The second-order valence-corrected chi connectivity index (χ2v) is 7.16. The van der Waals surface area contributed by atoms with E-state index in [2.05, 4.69) is 20.7 Å². The molecule has 3 nitrogen and oxygen atoms in total. The van der Waals surface area contributed by atoms with Crippen molar-refractivity contribution in [2.45, 2.75) is 45.3 Å². The smallest absolute Gasteiger partial charge is 0.405 e. The van der Waals surface area contributed by atoms with Gasteiger partial charge in [0.2, 0.25) is 0 Å². The summed E-state index contributed by atoms with van der Waals surface area (Å²) >= 11 is 3.21. The standard InChI is InChI=1S/C16H16BrF3O3/c1-14(2)11(13(21)15(3,4)23-14)8-9-7-10(17)5-6-12(9)22-16(18,19)20/h5-8H,1-4H3. The van der Waals surface area contributed by atoms with Crippen molar-refractivity contribution in [3.8, 4) is 5.75 Å². The van der Waals surface area contributed by atoms with Crippen LogP contribution in [0.3, 0.4) is 0 Å². The highest BCUT2D eigenvalue weighted by Gasteiger charge is 2.49. The fourth-order valence-electron chi connectivity index (χ4n) is 2.58. The molecule has 0 unspecified atom stereocenters. The van der Waals surface area contributed by atoms with Crippen molar-refractivity contribution >= 4 is 27.8 Å². The van der Waals surface area contributed by atoms with E-state index in [-0.39, 0.29) is 17.1 Å². The van der Waals surface area contributed by atoms with Crippen LogP contribution in [0.2, 0.25) is 0 Å². The van der Waals surface area contributed by atoms with E-state index in [1.165, 1.54) is 24.3 Å². The molecule has 1 aliphatic rings. The van der Waals surface area contributed by atoms with Crippen LogP contribution in [0, 0.1) is 0 Å². The van der Waals surface area contributed by atoms with Gasteiger partial charge in [-0.25, -0.2) is 0 Å². The first-order chi connectivity index (χ1) is 10.3. The molecule has 7 heteroatoms. The fourth-order valence-corrected chi connectivity index (χ4v) is 2.96. The zero-order chi connectivity index (χ0) is 17.6. The number of ketones is 1. The fraction of sp³-hybridized carbons (Fsp3) is 0.438. The minimum absolute atomic E-state index is 0.148. The van der Waals surface area contributed by atoms with Gasteiger partial charge in [-0.05, 0) is 52.0 Å². The maximum absolute atomic E-state index is 12.5. The topological polar surface area (TPSA) is 35.5 Å². The number of hydrogen-bond acceptors (Lipinski definition) is 3. The van der Waals surface area contributed by atoms with Crippen molar-refractivity contribution in [3.05, 3.63) is 33.8 Å². The van der Waals surface area contributed by atoms with Crippen molar-refractivity contribution in [3.63, 3.8) is 0 Å². The first-order valence-electron chi connectivity index (χ1n) is 6.84. The van der Waals surface area contributed by atoms with Gasteiger partial charge in [0.15, 0.2) is 5.78 Å². The Kier molecular flexibility index (Phi) is 4.41. The van der Waals surface area contributed by atoms with Crippen molar-refractivity contribution < 1.29 is 27.4 Å². The van der Waals surface area contributed by atoms with E-state index in [1.807, 2.05) is 0 Å². The normalized spacial score (nSPS) is 21.7. The molecule has 1 aliphatic heterocycles. The van der Waals surface area contributed by atoms with Gasteiger partial charge in [-0.2, -0.15) is 0 Å². The van der Waals surface area contributed by atoms with Crippen LogP contribution in [-0.2, 0) is 9.53 Å². The Hall–Kier alpha value is -1.34. The molecule has 2 rings (SSSR count). The quantitative estimate of drug-likeness (QED) is 0.672. The molecule has 0 aromatic heterocycles. The lowest BCUT2D eigenvalue weighted by atomic mass is 9.90. The van der Waals surface area contributed by atoms with Crippen molar-refractivity contribution in [2.24, 2.45) is 0 Å². The summed E-state index contributed by atoms with van der Waals surface area (Å²) in [7, 11) is 0. The van der Waals surface area contributed by atoms with Crippen LogP contribution in [0.4, 0.5) is 13.2 Å². The third-order valence-electron chi connectivity index (χ3n) is 3.45. The highest BCUT2D eigenvalue weighted by atomic mass is 79.9. The molecule has 1 aromatic carbocycles. The number of ether oxygens (including phenoxy) is 2. The molecule has 126 valence electrons. The zero-order valence-corrected chi connectivity index (χ0v) is 14.6. The van der Waals surface area contributed by atoms with E-state index >= 15 is 0 Å². The van der Waals surface area contributed by atoms with Crippen LogP contribution in [0.1, 0.15) is 33.3 Å². The van der Waals surface area contributed by atoms with Gasteiger partial charge in [0.25, 0.3) is 0 Å². The number of alkyl halides is 3.